The van der Waals surface area contributed by atoms with Crippen molar-refractivity contribution in [3.05, 3.63) is 29.8 Å². The summed E-state index contributed by atoms with van der Waals surface area (Å²) in [5, 5.41) is 3.16. The highest BCUT2D eigenvalue weighted by molar-refractivity contribution is 5.99. The van der Waals surface area contributed by atoms with Gasteiger partial charge in [-0.05, 0) is 37.3 Å². The number of hydrogen-bond acceptors (Lipinski definition) is 4. The van der Waals surface area contributed by atoms with Crippen LogP contribution in [-0.2, 0) is 9.59 Å². The van der Waals surface area contributed by atoms with Gasteiger partial charge in [0.1, 0.15) is 17.9 Å². The number of amides is 3. The minimum Gasteiger partial charge on any atom is -0.485 e. The largest absolute Gasteiger partial charge is 0.485 e. The Morgan fingerprint density at radius 3 is 2.77 bits per heavy atom. The molecule has 4 rings (SSSR count). The summed E-state index contributed by atoms with van der Waals surface area (Å²) in [5.74, 6) is 0.760. The van der Waals surface area contributed by atoms with E-state index in [9.17, 15) is 14.4 Å². The Morgan fingerprint density at radius 1 is 1.19 bits per heavy atom. The zero-order chi connectivity index (χ0) is 22.0. The maximum Gasteiger partial charge on any atom is 0.258 e. The standard InChI is InChI=1S/C24H33N3O4/c1-17-7-3-5-9-19(17)25-21(28)15-27-16-24(12-11-22(29)26(2)14-13-24)31-20-10-6-4-8-18(20)23(27)30/h4,6,8,10,17,19H,3,5,7,9,11-16H2,1-2H3,(H,25,28)/t17-,19-,24-/m1/s1. The Hall–Kier alpha value is -2.57. The van der Waals surface area contributed by atoms with Crippen molar-refractivity contribution in [1.29, 1.82) is 0 Å². The van der Waals surface area contributed by atoms with E-state index < -0.39 is 5.60 Å². The lowest BCUT2D eigenvalue weighted by atomic mass is 9.86. The Morgan fingerprint density at radius 2 is 1.97 bits per heavy atom. The predicted octanol–water partition coefficient (Wildman–Crippen LogP) is 2.60. The summed E-state index contributed by atoms with van der Waals surface area (Å²) in [4.78, 5) is 41.9. The zero-order valence-electron chi connectivity index (χ0n) is 18.6. The topological polar surface area (TPSA) is 79.0 Å². The van der Waals surface area contributed by atoms with Crippen LogP contribution in [0.3, 0.4) is 0 Å². The highest BCUT2D eigenvalue weighted by atomic mass is 16.5. The Bertz CT molecular complexity index is 857. The molecule has 7 heteroatoms. The molecule has 1 saturated heterocycles. The fraction of sp³-hybridized carbons (Fsp3) is 0.625. The van der Waals surface area contributed by atoms with Gasteiger partial charge in [-0.15, -0.1) is 0 Å². The van der Waals surface area contributed by atoms with Crippen molar-refractivity contribution in [1.82, 2.24) is 15.1 Å². The van der Waals surface area contributed by atoms with Gasteiger partial charge in [0.05, 0.1) is 12.1 Å². The molecule has 1 saturated carbocycles. The number of nitrogens with one attached hydrogen (secondary N) is 1. The Balaban J connectivity index is 1.56. The summed E-state index contributed by atoms with van der Waals surface area (Å²) in [7, 11) is 1.80. The van der Waals surface area contributed by atoms with Crippen LogP contribution in [0, 0.1) is 5.92 Å². The molecule has 31 heavy (non-hydrogen) atoms. The summed E-state index contributed by atoms with van der Waals surface area (Å²) in [5.41, 5.74) is -0.205. The van der Waals surface area contributed by atoms with Crippen LogP contribution in [-0.4, -0.2) is 65.8 Å². The van der Waals surface area contributed by atoms with Gasteiger partial charge >= 0.3 is 0 Å². The number of nitrogens with zero attached hydrogens (tertiary/aromatic N) is 2. The first kappa shape index (κ1) is 21.7. The molecule has 2 aliphatic heterocycles. The van der Waals surface area contributed by atoms with E-state index in [0.29, 0.717) is 49.6 Å². The fourth-order valence-electron chi connectivity index (χ4n) is 5.08. The van der Waals surface area contributed by atoms with Crippen LogP contribution in [0.1, 0.15) is 62.2 Å². The van der Waals surface area contributed by atoms with Gasteiger partial charge in [-0.25, -0.2) is 0 Å². The van der Waals surface area contributed by atoms with E-state index >= 15 is 0 Å². The molecule has 2 fully saturated rings. The minimum absolute atomic E-state index is 0.00524. The molecule has 0 unspecified atom stereocenters. The third-order valence-electron chi connectivity index (χ3n) is 7.13. The molecule has 1 N–H and O–H groups in total. The van der Waals surface area contributed by atoms with Crippen molar-refractivity contribution in [2.24, 2.45) is 5.92 Å². The predicted molar refractivity (Wildman–Crippen MR) is 117 cm³/mol. The number of rotatable bonds is 3. The highest BCUT2D eigenvalue weighted by Crippen LogP contribution is 2.35. The summed E-state index contributed by atoms with van der Waals surface area (Å²) in [6.07, 6.45) is 5.97. The maximum atomic E-state index is 13.4. The van der Waals surface area contributed by atoms with Gasteiger partial charge in [-0.1, -0.05) is 31.9 Å². The molecule has 3 amide bonds. The van der Waals surface area contributed by atoms with Gasteiger partial charge in [-0.2, -0.15) is 0 Å². The number of fused-ring (bicyclic) bond motifs is 1. The summed E-state index contributed by atoms with van der Waals surface area (Å²) in [6.45, 7) is 3.05. The number of hydrogen-bond donors (Lipinski definition) is 1. The molecule has 0 aromatic heterocycles. The molecule has 3 aliphatic rings. The van der Waals surface area contributed by atoms with E-state index in [1.807, 2.05) is 12.1 Å². The van der Waals surface area contributed by atoms with E-state index in [0.717, 1.165) is 19.3 Å². The molecular weight excluding hydrogens is 394 g/mol. The third kappa shape index (κ3) is 4.70. The monoisotopic (exact) mass is 427 g/mol. The van der Waals surface area contributed by atoms with Gasteiger partial charge in [0, 0.05) is 32.5 Å². The third-order valence-corrected chi connectivity index (χ3v) is 7.13. The number of carbonyl (C=O) groups excluding carboxylic acids is 3. The second-order valence-electron chi connectivity index (χ2n) is 9.44. The van der Waals surface area contributed by atoms with Crippen molar-refractivity contribution >= 4 is 17.7 Å². The first-order valence-electron chi connectivity index (χ1n) is 11.5. The van der Waals surface area contributed by atoms with E-state index in [1.54, 1.807) is 29.0 Å². The molecule has 3 atom stereocenters. The van der Waals surface area contributed by atoms with Crippen LogP contribution in [0.4, 0.5) is 0 Å². The van der Waals surface area contributed by atoms with E-state index in [2.05, 4.69) is 12.2 Å². The molecule has 2 heterocycles. The van der Waals surface area contributed by atoms with Crippen LogP contribution in [0.15, 0.2) is 24.3 Å². The lowest BCUT2D eigenvalue weighted by Crippen LogP contribution is -2.52. The molecule has 1 aromatic carbocycles. The van der Waals surface area contributed by atoms with Gasteiger partial charge in [0.25, 0.3) is 5.91 Å². The number of carbonyl (C=O) groups is 3. The molecule has 1 spiro atoms. The Labute approximate surface area is 184 Å². The van der Waals surface area contributed by atoms with Crippen LogP contribution in [0.5, 0.6) is 5.75 Å². The zero-order valence-corrected chi connectivity index (χ0v) is 18.6. The first-order valence-corrected chi connectivity index (χ1v) is 11.5. The number of likely N-dealkylation sites (tertiary alicyclic amines) is 1. The maximum absolute atomic E-state index is 13.4. The second-order valence-corrected chi connectivity index (χ2v) is 9.44. The van der Waals surface area contributed by atoms with Gasteiger partial charge in [0.2, 0.25) is 11.8 Å². The van der Waals surface area contributed by atoms with Crippen molar-refractivity contribution in [2.45, 2.75) is 63.5 Å². The Kier molecular flexibility index (Phi) is 6.21. The molecule has 1 aromatic rings. The normalized spacial score (nSPS) is 29.1. The molecule has 0 bridgehead atoms. The van der Waals surface area contributed by atoms with Crippen LogP contribution >= 0.6 is 0 Å². The number of para-hydroxylation sites is 1. The SMILES string of the molecule is C[C@@H]1CCCC[C@H]1NC(=O)CN1C[C@]2(CCC(=O)N(C)CC2)Oc2ccccc2C1=O. The van der Waals surface area contributed by atoms with E-state index in [1.165, 1.54) is 6.42 Å². The summed E-state index contributed by atoms with van der Waals surface area (Å²) in [6, 6.07) is 7.38. The second kappa shape index (κ2) is 8.89. The summed E-state index contributed by atoms with van der Waals surface area (Å²) < 4.78 is 6.44. The van der Waals surface area contributed by atoms with Gasteiger partial charge in [-0.3, -0.25) is 14.4 Å². The quantitative estimate of drug-likeness (QED) is 0.804. The molecule has 0 radical (unpaired) electrons. The highest BCUT2D eigenvalue weighted by Gasteiger charge is 2.43. The fourth-order valence-corrected chi connectivity index (χ4v) is 5.08. The molecular formula is C24H33N3O4. The van der Waals surface area contributed by atoms with Crippen molar-refractivity contribution in [2.75, 3.05) is 26.7 Å². The van der Waals surface area contributed by atoms with Crippen LogP contribution < -0.4 is 10.1 Å². The van der Waals surface area contributed by atoms with Crippen LogP contribution in [0.25, 0.3) is 0 Å². The lowest BCUT2D eigenvalue weighted by molar-refractivity contribution is -0.129. The van der Waals surface area contributed by atoms with E-state index in [4.69, 9.17) is 4.74 Å². The molecule has 1 aliphatic carbocycles. The molecule has 168 valence electrons. The number of ether oxygens (including phenoxy) is 1. The average molecular weight is 428 g/mol. The smallest absolute Gasteiger partial charge is 0.258 e. The van der Waals surface area contributed by atoms with Gasteiger partial charge < -0.3 is 19.9 Å². The first-order chi connectivity index (χ1) is 14.9. The van der Waals surface area contributed by atoms with Crippen molar-refractivity contribution in [3.8, 4) is 5.75 Å². The number of benzene rings is 1. The van der Waals surface area contributed by atoms with Gasteiger partial charge in [0.15, 0.2) is 0 Å². The van der Waals surface area contributed by atoms with Crippen LogP contribution in [0.2, 0.25) is 0 Å². The minimum atomic E-state index is -0.679. The lowest BCUT2D eigenvalue weighted by Gasteiger charge is -2.35. The molecule has 7 nitrogen and oxygen atoms in total. The average Bonchev–Trinajstić information content (AvgIpc) is 2.96. The summed E-state index contributed by atoms with van der Waals surface area (Å²) >= 11 is 0. The van der Waals surface area contributed by atoms with Crippen molar-refractivity contribution < 1.29 is 19.1 Å². The van der Waals surface area contributed by atoms with E-state index in [-0.39, 0.29) is 30.3 Å². The van der Waals surface area contributed by atoms with Crippen molar-refractivity contribution in [3.63, 3.8) is 0 Å².